The Labute approximate surface area is 194 Å². The molecule has 0 amide bonds. The maximum Gasteiger partial charge on any atom is 0.262 e. The molecule has 2 aromatic carbocycles. The highest BCUT2D eigenvalue weighted by Crippen LogP contribution is 2.22. The molecule has 0 aliphatic heterocycles. The van der Waals surface area contributed by atoms with E-state index in [0.717, 1.165) is 24.4 Å². The van der Waals surface area contributed by atoms with Gasteiger partial charge >= 0.3 is 0 Å². The van der Waals surface area contributed by atoms with Crippen molar-refractivity contribution in [1.29, 1.82) is 0 Å². The first-order valence-electron chi connectivity index (χ1n) is 10.4. The molecule has 0 bridgehead atoms. The highest BCUT2D eigenvalue weighted by atomic mass is 32.2. The van der Waals surface area contributed by atoms with Crippen LogP contribution in [0.1, 0.15) is 24.7 Å². The number of para-hydroxylation sites is 1. The molecule has 0 atom stereocenters. The van der Waals surface area contributed by atoms with E-state index in [-0.39, 0.29) is 10.5 Å². The second kappa shape index (κ2) is 9.81. The quantitative estimate of drug-likeness (QED) is 0.280. The van der Waals surface area contributed by atoms with Crippen molar-refractivity contribution >= 4 is 32.7 Å². The van der Waals surface area contributed by atoms with Crippen molar-refractivity contribution in [2.75, 3.05) is 0 Å². The summed E-state index contributed by atoms with van der Waals surface area (Å²) in [6, 6.07) is 13.6. The van der Waals surface area contributed by atoms with Gasteiger partial charge in [0.15, 0.2) is 11.0 Å². The van der Waals surface area contributed by atoms with Crippen molar-refractivity contribution in [3.63, 3.8) is 0 Å². The lowest BCUT2D eigenvalue weighted by Crippen LogP contribution is -2.24. The van der Waals surface area contributed by atoms with Gasteiger partial charge in [0.2, 0.25) is 10.0 Å². The second-order valence-electron chi connectivity index (χ2n) is 7.41. The fourth-order valence-electron chi connectivity index (χ4n) is 3.38. The lowest BCUT2D eigenvalue weighted by Gasteiger charge is -2.13. The van der Waals surface area contributed by atoms with E-state index in [1.165, 1.54) is 23.9 Å². The lowest BCUT2D eigenvalue weighted by atomic mass is 10.1. The Balaban J connectivity index is 1.62. The number of benzene rings is 2. The van der Waals surface area contributed by atoms with Crippen LogP contribution in [0.4, 0.5) is 0 Å². The Bertz CT molecular complexity index is 1430. The molecule has 0 radical (unpaired) electrons. The van der Waals surface area contributed by atoms with Crippen molar-refractivity contribution in [1.82, 2.24) is 29.8 Å². The number of fused-ring (bicyclic) bond motifs is 1. The van der Waals surface area contributed by atoms with Gasteiger partial charge < -0.3 is 0 Å². The Morgan fingerprint density at radius 2 is 1.82 bits per heavy atom. The zero-order chi connectivity index (χ0) is 23.4. The SMILES string of the molecule is CCCn1nnnc1CSc1nc2ccccc2c(=O)n1CCc1ccc(S(N)(=O)=O)cc1. The molecule has 0 fully saturated rings. The van der Waals surface area contributed by atoms with E-state index in [1.807, 2.05) is 18.2 Å². The number of primary sulfonamides is 1. The van der Waals surface area contributed by atoms with Crippen LogP contribution in [0.2, 0.25) is 0 Å². The van der Waals surface area contributed by atoms with Gasteiger partial charge in [0, 0.05) is 13.1 Å². The summed E-state index contributed by atoms with van der Waals surface area (Å²) in [6.07, 6.45) is 1.43. The fourth-order valence-corrected chi connectivity index (χ4v) is 4.86. The third kappa shape index (κ3) is 5.29. The Morgan fingerprint density at radius 3 is 2.55 bits per heavy atom. The van der Waals surface area contributed by atoms with Crippen molar-refractivity contribution in [3.8, 4) is 0 Å². The third-order valence-electron chi connectivity index (χ3n) is 5.07. The number of hydrogen-bond acceptors (Lipinski definition) is 8. The molecule has 0 saturated heterocycles. The number of tetrazole rings is 1. The molecular weight excluding hydrogens is 462 g/mol. The van der Waals surface area contributed by atoms with E-state index < -0.39 is 10.0 Å². The first-order chi connectivity index (χ1) is 15.9. The van der Waals surface area contributed by atoms with Crippen LogP contribution in [-0.4, -0.2) is 38.2 Å². The van der Waals surface area contributed by atoms with E-state index in [9.17, 15) is 13.2 Å². The number of aromatic nitrogens is 6. The van der Waals surface area contributed by atoms with Gasteiger partial charge in [0.25, 0.3) is 5.56 Å². The van der Waals surface area contributed by atoms with Gasteiger partial charge in [-0.05, 0) is 53.1 Å². The van der Waals surface area contributed by atoms with Gasteiger partial charge in [-0.3, -0.25) is 9.36 Å². The molecule has 0 saturated carbocycles. The highest BCUT2D eigenvalue weighted by molar-refractivity contribution is 7.98. The summed E-state index contributed by atoms with van der Waals surface area (Å²) in [5.41, 5.74) is 1.38. The predicted molar refractivity (Wildman–Crippen MR) is 125 cm³/mol. The third-order valence-corrected chi connectivity index (χ3v) is 6.98. The molecule has 2 heterocycles. The number of rotatable bonds is 9. The first kappa shape index (κ1) is 23.1. The topological polar surface area (TPSA) is 139 Å². The van der Waals surface area contributed by atoms with E-state index >= 15 is 0 Å². The normalized spacial score (nSPS) is 11.8. The zero-order valence-corrected chi connectivity index (χ0v) is 19.6. The van der Waals surface area contributed by atoms with Gasteiger partial charge in [-0.1, -0.05) is 43.0 Å². The fraction of sp³-hybridized carbons (Fsp3) is 0.286. The maximum absolute atomic E-state index is 13.3. The molecule has 2 aromatic heterocycles. The predicted octanol–water partition coefficient (Wildman–Crippen LogP) is 1.98. The number of nitrogens with two attached hydrogens (primary N) is 1. The number of thioether (sulfide) groups is 1. The van der Waals surface area contributed by atoms with Gasteiger partial charge in [-0.15, -0.1) is 5.10 Å². The molecule has 172 valence electrons. The summed E-state index contributed by atoms with van der Waals surface area (Å²) in [5, 5.41) is 18.1. The van der Waals surface area contributed by atoms with Crippen LogP contribution >= 0.6 is 11.8 Å². The van der Waals surface area contributed by atoms with Gasteiger partial charge in [0.05, 0.1) is 21.6 Å². The van der Waals surface area contributed by atoms with Crippen LogP contribution in [0.25, 0.3) is 10.9 Å². The van der Waals surface area contributed by atoms with Crippen LogP contribution in [0.3, 0.4) is 0 Å². The molecule has 2 N–H and O–H groups in total. The molecule has 0 aliphatic carbocycles. The maximum atomic E-state index is 13.3. The van der Waals surface area contributed by atoms with Gasteiger partial charge in [-0.25, -0.2) is 23.2 Å². The monoisotopic (exact) mass is 485 g/mol. The number of hydrogen-bond donors (Lipinski definition) is 1. The van der Waals surface area contributed by atoms with Gasteiger partial charge in [0.1, 0.15) is 0 Å². The van der Waals surface area contributed by atoms with Crippen LogP contribution in [0.5, 0.6) is 0 Å². The van der Waals surface area contributed by atoms with E-state index in [1.54, 1.807) is 27.4 Å². The molecule has 4 aromatic rings. The number of nitrogens with zero attached hydrogens (tertiary/aromatic N) is 6. The molecular formula is C21H23N7O3S2. The minimum atomic E-state index is -3.75. The summed E-state index contributed by atoms with van der Waals surface area (Å²) >= 11 is 1.41. The summed E-state index contributed by atoms with van der Waals surface area (Å²) < 4.78 is 26.4. The Morgan fingerprint density at radius 1 is 1.06 bits per heavy atom. The van der Waals surface area contributed by atoms with Crippen molar-refractivity contribution in [2.24, 2.45) is 5.14 Å². The van der Waals surface area contributed by atoms with Crippen LogP contribution in [0, 0.1) is 0 Å². The molecule has 12 heteroatoms. The van der Waals surface area contributed by atoms with E-state index in [2.05, 4.69) is 22.4 Å². The summed E-state index contributed by atoms with van der Waals surface area (Å²) in [4.78, 5) is 18.0. The van der Waals surface area contributed by atoms with Crippen molar-refractivity contribution in [2.45, 2.75) is 48.7 Å². The number of aryl methyl sites for hydroxylation is 2. The second-order valence-corrected chi connectivity index (χ2v) is 9.92. The van der Waals surface area contributed by atoms with Crippen molar-refractivity contribution < 1.29 is 8.42 Å². The van der Waals surface area contributed by atoms with Crippen LogP contribution in [0.15, 0.2) is 63.4 Å². The molecule has 4 rings (SSSR count). The minimum Gasteiger partial charge on any atom is -0.287 e. The molecule has 10 nitrogen and oxygen atoms in total. The lowest BCUT2D eigenvalue weighted by molar-refractivity contribution is 0.563. The largest absolute Gasteiger partial charge is 0.287 e. The Kier molecular flexibility index (Phi) is 6.86. The smallest absolute Gasteiger partial charge is 0.262 e. The van der Waals surface area contributed by atoms with Crippen LogP contribution in [-0.2, 0) is 35.3 Å². The van der Waals surface area contributed by atoms with Crippen LogP contribution < -0.4 is 10.7 Å². The standard InChI is InChI=1S/C21H23N7O3S2/c1-2-12-28-19(24-25-26-28)14-32-21-23-18-6-4-3-5-17(18)20(29)27(21)13-11-15-7-9-16(10-8-15)33(22,30)31/h3-10H,2,11-14H2,1H3,(H2,22,30,31). The van der Waals surface area contributed by atoms with E-state index in [4.69, 9.17) is 10.1 Å². The molecule has 0 aliphatic rings. The summed E-state index contributed by atoms with van der Waals surface area (Å²) in [6.45, 7) is 3.15. The van der Waals surface area contributed by atoms with E-state index in [0.29, 0.717) is 34.8 Å². The van der Waals surface area contributed by atoms with Gasteiger partial charge in [-0.2, -0.15) is 0 Å². The molecule has 33 heavy (non-hydrogen) atoms. The zero-order valence-electron chi connectivity index (χ0n) is 18.0. The molecule has 0 spiro atoms. The van der Waals surface area contributed by atoms with Crippen molar-refractivity contribution in [3.05, 3.63) is 70.3 Å². The Hall–Kier alpha value is -3.09. The highest BCUT2D eigenvalue weighted by Gasteiger charge is 2.14. The average Bonchev–Trinajstić information content (AvgIpc) is 3.24. The number of sulfonamides is 1. The average molecular weight is 486 g/mol. The first-order valence-corrected chi connectivity index (χ1v) is 12.9. The summed E-state index contributed by atoms with van der Waals surface area (Å²) in [7, 11) is -3.75. The summed E-state index contributed by atoms with van der Waals surface area (Å²) in [5.74, 6) is 1.19. The minimum absolute atomic E-state index is 0.0526. The molecule has 0 unspecified atom stereocenters.